The highest BCUT2D eigenvalue weighted by Crippen LogP contribution is 2.54. The predicted molar refractivity (Wildman–Crippen MR) is 128 cm³/mol. The van der Waals surface area contributed by atoms with E-state index in [1.54, 1.807) is 0 Å². The molecule has 1 fully saturated rings. The first-order chi connectivity index (χ1) is 15.0. The van der Waals surface area contributed by atoms with Gasteiger partial charge in [0.05, 0.1) is 17.1 Å². The van der Waals surface area contributed by atoms with E-state index >= 15 is 0 Å². The summed E-state index contributed by atoms with van der Waals surface area (Å²) in [6.45, 7) is 8.92. The Hall–Kier alpha value is -3.01. The lowest BCUT2D eigenvalue weighted by atomic mass is 10.0. The zero-order valence-corrected chi connectivity index (χ0v) is 18.8. The minimum absolute atomic E-state index is 0.194. The lowest BCUT2D eigenvalue weighted by Crippen LogP contribution is -2.54. The highest BCUT2D eigenvalue weighted by atomic mass is 16.3. The minimum Gasteiger partial charge on any atom is -0.435 e. The van der Waals surface area contributed by atoms with Gasteiger partial charge in [0.15, 0.2) is 5.58 Å². The molecule has 0 N–H and O–H groups in total. The van der Waals surface area contributed by atoms with Crippen LogP contribution in [-0.2, 0) is 0 Å². The Bertz CT molecular complexity index is 1310. The Kier molecular flexibility index (Phi) is 3.92. The number of pyridine rings is 1. The monoisotopic (exact) mass is 411 g/mol. The minimum atomic E-state index is -0.194. The summed E-state index contributed by atoms with van der Waals surface area (Å²) in [5.41, 5.74) is 7.42. The van der Waals surface area contributed by atoms with Gasteiger partial charge in [-0.15, -0.1) is 0 Å². The van der Waals surface area contributed by atoms with E-state index in [-0.39, 0.29) is 5.66 Å². The van der Waals surface area contributed by atoms with E-state index in [2.05, 4.69) is 84.1 Å². The second-order valence-electron chi connectivity index (χ2n) is 9.64. The fraction of sp³-hybridized carbons (Fsp3) is 0.370. The van der Waals surface area contributed by atoms with Crippen LogP contribution in [0.1, 0.15) is 50.8 Å². The maximum Gasteiger partial charge on any atom is 0.227 e. The van der Waals surface area contributed by atoms with Crippen molar-refractivity contribution in [3.63, 3.8) is 0 Å². The molecule has 1 aliphatic carbocycles. The molecule has 1 saturated carbocycles. The molecule has 31 heavy (non-hydrogen) atoms. The summed E-state index contributed by atoms with van der Waals surface area (Å²) in [5, 5.41) is 2.22. The van der Waals surface area contributed by atoms with Crippen molar-refractivity contribution < 1.29 is 4.42 Å². The Morgan fingerprint density at radius 2 is 1.61 bits per heavy atom. The van der Waals surface area contributed by atoms with Crippen LogP contribution in [0.5, 0.6) is 0 Å². The van der Waals surface area contributed by atoms with Crippen molar-refractivity contribution in [1.82, 2.24) is 4.98 Å². The van der Waals surface area contributed by atoms with Gasteiger partial charge in [0.25, 0.3) is 0 Å². The molecule has 0 spiro atoms. The Morgan fingerprint density at radius 3 is 2.39 bits per heavy atom. The summed E-state index contributed by atoms with van der Waals surface area (Å²) in [7, 11) is 0. The van der Waals surface area contributed by atoms with Gasteiger partial charge in [0.1, 0.15) is 5.66 Å². The standard InChI is InChI=1S/C27H29N3O/c1-17-13-15-20-21-16-14-18(2)28-26(21)31-25(20)24(17)30-23-12-8-7-11-22(23)29(27(30,3)4)19-9-5-6-10-19/h7-8,11-16,19H,5-6,9-10H2,1-4H3. The molecule has 2 aromatic heterocycles. The number of benzene rings is 2. The molecular weight excluding hydrogens is 382 g/mol. The summed E-state index contributed by atoms with van der Waals surface area (Å²) in [6, 6.07) is 18.1. The van der Waals surface area contributed by atoms with Gasteiger partial charge < -0.3 is 14.2 Å². The summed E-state index contributed by atoms with van der Waals surface area (Å²) in [4.78, 5) is 9.85. The first-order valence-corrected chi connectivity index (χ1v) is 11.4. The molecule has 2 aromatic carbocycles. The number of fused-ring (bicyclic) bond motifs is 4. The highest BCUT2D eigenvalue weighted by Gasteiger charge is 2.47. The van der Waals surface area contributed by atoms with E-state index in [0.717, 1.165) is 33.5 Å². The molecule has 0 radical (unpaired) electrons. The van der Waals surface area contributed by atoms with E-state index < -0.39 is 0 Å². The van der Waals surface area contributed by atoms with Crippen LogP contribution in [0.25, 0.3) is 22.1 Å². The first-order valence-electron chi connectivity index (χ1n) is 11.4. The number of para-hydroxylation sites is 2. The molecule has 6 rings (SSSR count). The second kappa shape index (κ2) is 6.49. The van der Waals surface area contributed by atoms with Crippen LogP contribution in [0.3, 0.4) is 0 Å². The van der Waals surface area contributed by atoms with Crippen LogP contribution < -0.4 is 9.80 Å². The Morgan fingerprint density at radius 1 is 0.903 bits per heavy atom. The quantitative estimate of drug-likeness (QED) is 0.348. The van der Waals surface area contributed by atoms with Gasteiger partial charge in [-0.25, -0.2) is 4.98 Å². The zero-order chi connectivity index (χ0) is 21.3. The van der Waals surface area contributed by atoms with Crippen LogP contribution in [0, 0.1) is 13.8 Å². The van der Waals surface area contributed by atoms with E-state index in [0.29, 0.717) is 6.04 Å². The van der Waals surface area contributed by atoms with Gasteiger partial charge in [-0.1, -0.05) is 37.1 Å². The molecule has 3 heterocycles. The molecule has 1 aliphatic heterocycles. The average Bonchev–Trinajstić information content (AvgIpc) is 3.42. The summed E-state index contributed by atoms with van der Waals surface area (Å²) in [5.74, 6) is 0. The number of aryl methyl sites for hydroxylation is 2. The number of aromatic nitrogens is 1. The van der Waals surface area contributed by atoms with Crippen LogP contribution in [-0.4, -0.2) is 16.7 Å². The summed E-state index contributed by atoms with van der Waals surface area (Å²) in [6.07, 6.45) is 5.18. The molecule has 4 aromatic rings. The maximum atomic E-state index is 6.46. The first kappa shape index (κ1) is 18.7. The third-order valence-electron chi connectivity index (χ3n) is 7.25. The molecular formula is C27H29N3O. The SMILES string of the molecule is Cc1ccc2c(n1)oc1c(N3c4ccccc4N(C4CCCC4)C3(C)C)c(C)ccc12. The van der Waals surface area contributed by atoms with Gasteiger partial charge >= 0.3 is 0 Å². The van der Waals surface area contributed by atoms with E-state index in [9.17, 15) is 0 Å². The lowest BCUT2D eigenvalue weighted by molar-refractivity contribution is 0.433. The Balaban J connectivity index is 1.63. The van der Waals surface area contributed by atoms with Crippen molar-refractivity contribution in [2.24, 2.45) is 0 Å². The fourth-order valence-electron chi connectivity index (χ4n) is 5.93. The molecule has 2 aliphatic rings. The molecule has 0 unspecified atom stereocenters. The molecule has 4 nitrogen and oxygen atoms in total. The van der Waals surface area contributed by atoms with Crippen LogP contribution in [0.2, 0.25) is 0 Å². The van der Waals surface area contributed by atoms with E-state index in [4.69, 9.17) is 4.42 Å². The number of anilines is 3. The molecule has 158 valence electrons. The molecule has 4 heteroatoms. The number of nitrogens with zero attached hydrogens (tertiary/aromatic N) is 3. The molecule has 0 saturated heterocycles. The highest BCUT2D eigenvalue weighted by molar-refractivity contribution is 6.10. The third kappa shape index (κ3) is 2.57. The van der Waals surface area contributed by atoms with Crippen LogP contribution in [0.4, 0.5) is 17.1 Å². The lowest BCUT2D eigenvalue weighted by Gasteiger charge is -2.44. The number of hydrogen-bond acceptors (Lipinski definition) is 4. The van der Waals surface area contributed by atoms with Gasteiger partial charge in [-0.05, 0) is 70.4 Å². The van der Waals surface area contributed by atoms with Gasteiger partial charge in [-0.2, -0.15) is 0 Å². The number of hydrogen-bond donors (Lipinski definition) is 0. The van der Waals surface area contributed by atoms with E-state index in [1.807, 2.05) is 6.92 Å². The second-order valence-corrected chi connectivity index (χ2v) is 9.64. The van der Waals surface area contributed by atoms with Gasteiger partial charge in [-0.3, -0.25) is 0 Å². The normalized spacial score (nSPS) is 18.5. The Labute approximate surface area is 183 Å². The molecule has 0 amide bonds. The average molecular weight is 412 g/mol. The van der Waals surface area contributed by atoms with Crippen molar-refractivity contribution in [3.8, 4) is 0 Å². The van der Waals surface area contributed by atoms with E-state index in [1.165, 1.54) is 42.6 Å². The largest absolute Gasteiger partial charge is 0.435 e. The van der Waals surface area contributed by atoms with Crippen molar-refractivity contribution in [2.75, 3.05) is 9.80 Å². The van der Waals surface area contributed by atoms with Crippen molar-refractivity contribution in [2.45, 2.75) is 65.1 Å². The third-order valence-corrected chi connectivity index (χ3v) is 7.25. The topological polar surface area (TPSA) is 32.5 Å². The molecule has 0 atom stereocenters. The smallest absolute Gasteiger partial charge is 0.227 e. The number of rotatable bonds is 2. The fourth-order valence-corrected chi connectivity index (χ4v) is 5.93. The van der Waals surface area contributed by atoms with Gasteiger partial charge in [0.2, 0.25) is 5.71 Å². The van der Waals surface area contributed by atoms with Crippen molar-refractivity contribution >= 4 is 39.1 Å². The van der Waals surface area contributed by atoms with Crippen LogP contribution >= 0.6 is 0 Å². The maximum absolute atomic E-state index is 6.46. The predicted octanol–water partition coefficient (Wildman–Crippen LogP) is 7.23. The van der Waals surface area contributed by atoms with Crippen molar-refractivity contribution in [3.05, 3.63) is 59.8 Å². The van der Waals surface area contributed by atoms with Crippen molar-refractivity contribution in [1.29, 1.82) is 0 Å². The number of furan rings is 1. The van der Waals surface area contributed by atoms with Gasteiger partial charge in [0, 0.05) is 22.5 Å². The summed E-state index contributed by atoms with van der Waals surface area (Å²) >= 11 is 0. The molecule has 0 bridgehead atoms. The zero-order valence-electron chi connectivity index (χ0n) is 18.8. The summed E-state index contributed by atoms with van der Waals surface area (Å²) < 4.78 is 6.46. The van der Waals surface area contributed by atoms with Crippen LogP contribution in [0.15, 0.2) is 52.9 Å².